The highest BCUT2D eigenvalue weighted by molar-refractivity contribution is 5.90. The molecule has 1 amide bonds. The molecule has 0 saturated carbocycles. The van der Waals surface area contributed by atoms with Crippen LogP contribution in [0, 0.1) is 11.7 Å². The van der Waals surface area contributed by atoms with Crippen LogP contribution in [-0.2, 0) is 6.42 Å². The molecule has 150 valence electrons. The molecule has 29 heavy (non-hydrogen) atoms. The Morgan fingerprint density at radius 2 is 1.86 bits per heavy atom. The van der Waals surface area contributed by atoms with Crippen LogP contribution < -0.4 is 5.73 Å². The Bertz CT molecular complexity index is 1000. The van der Waals surface area contributed by atoms with Gasteiger partial charge in [-0.2, -0.15) is 0 Å². The Kier molecular flexibility index (Phi) is 5.40. The van der Waals surface area contributed by atoms with Crippen molar-refractivity contribution < 1.29 is 9.18 Å². The summed E-state index contributed by atoms with van der Waals surface area (Å²) in [5.74, 6) is 0.360. The maximum absolute atomic E-state index is 14.2. The first-order valence-corrected chi connectivity index (χ1v) is 9.87. The molecule has 2 N–H and O–H groups in total. The van der Waals surface area contributed by atoms with Crippen LogP contribution in [0.15, 0.2) is 54.6 Å². The van der Waals surface area contributed by atoms with E-state index in [1.54, 1.807) is 23.1 Å². The van der Waals surface area contributed by atoms with Crippen LogP contribution in [0.1, 0.15) is 34.8 Å². The second kappa shape index (κ2) is 8.13. The summed E-state index contributed by atoms with van der Waals surface area (Å²) in [6, 6.07) is 16.5. The molecule has 2 atom stereocenters. The lowest BCUT2D eigenvalue weighted by Crippen LogP contribution is -2.30. The molecular formula is C22H24FN5O. The molecule has 2 aromatic carbocycles. The molecule has 0 radical (unpaired) electrons. The zero-order chi connectivity index (χ0) is 20.4. The van der Waals surface area contributed by atoms with E-state index in [1.807, 2.05) is 25.1 Å². The number of aryl methyl sites for hydroxylation is 1. The average molecular weight is 393 g/mol. The van der Waals surface area contributed by atoms with Gasteiger partial charge in [0.1, 0.15) is 17.3 Å². The topological polar surface area (TPSA) is 77.0 Å². The number of halogens is 1. The summed E-state index contributed by atoms with van der Waals surface area (Å²) in [4.78, 5) is 19.3. The molecule has 0 spiro atoms. The van der Waals surface area contributed by atoms with E-state index in [9.17, 15) is 9.18 Å². The fourth-order valence-electron chi connectivity index (χ4n) is 3.98. The number of aromatic nitrogens is 3. The standard InChI is InChI=1S/C22H24FN5O/c1-2-20-25-21(26-28(20)19-11-7-6-10-18(19)23)22(29)27-13-16(12-24)17(14-27)15-8-4-3-5-9-15/h3-11,16-17H,2,12-14,24H2,1H3/t16-,17+/m1/s1. The summed E-state index contributed by atoms with van der Waals surface area (Å²) in [5, 5.41) is 4.35. The van der Waals surface area contributed by atoms with Gasteiger partial charge in [-0.1, -0.05) is 49.4 Å². The number of rotatable bonds is 5. The third kappa shape index (κ3) is 3.65. The van der Waals surface area contributed by atoms with Gasteiger partial charge in [-0.15, -0.1) is 5.10 Å². The van der Waals surface area contributed by atoms with Gasteiger partial charge >= 0.3 is 0 Å². The highest BCUT2D eigenvalue weighted by Crippen LogP contribution is 2.32. The van der Waals surface area contributed by atoms with Crippen LogP contribution in [0.4, 0.5) is 4.39 Å². The number of hydrogen-bond donors (Lipinski definition) is 1. The molecule has 2 heterocycles. The van der Waals surface area contributed by atoms with E-state index in [2.05, 4.69) is 22.2 Å². The van der Waals surface area contributed by atoms with Crippen molar-refractivity contribution in [3.05, 3.63) is 77.6 Å². The first-order chi connectivity index (χ1) is 14.1. The lowest BCUT2D eigenvalue weighted by Gasteiger charge is -2.16. The molecule has 0 unspecified atom stereocenters. The van der Waals surface area contributed by atoms with Gasteiger partial charge in [0, 0.05) is 25.4 Å². The van der Waals surface area contributed by atoms with Crippen LogP contribution in [0.25, 0.3) is 5.69 Å². The van der Waals surface area contributed by atoms with Gasteiger partial charge in [-0.05, 0) is 30.2 Å². The van der Waals surface area contributed by atoms with Gasteiger partial charge in [0.05, 0.1) is 0 Å². The Balaban J connectivity index is 1.61. The van der Waals surface area contributed by atoms with Crippen molar-refractivity contribution in [1.82, 2.24) is 19.7 Å². The van der Waals surface area contributed by atoms with Crippen LogP contribution in [-0.4, -0.2) is 45.2 Å². The molecule has 7 heteroatoms. The number of nitrogens with two attached hydrogens (primary N) is 1. The molecule has 6 nitrogen and oxygen atoms in total. The molecule has 3 aromatic rings. The number of benzene rings is 2. The first kappa shape index (κ1) is 19.3. The predicted octanol–water partition coefficient (Wildman–Crippen LogP) is 2.78. The lowest BCUT2D eigenvalue weighted by molar-refractivity contribution is 0.0774. The second-order valence-electron chi connectivity index (χ2n) is 7.29. The largest absolute Gasteiger partial charge is 0.335 e. The number of hydrogen-bond acceptors (Lipinski definition) is 4. The second-order valence-corrected chi connectivity index (χ2v) is 7.29. The number of likely N-dealkylation sites (tertiary alicyclic amines) is 1. The fraction of sp³-hybridized carbons (Fsp3) is 0.318. The van der Waals surface area contributed by atoms with Crippen molar-refractivity contribution in [3.8, 4) is 5.69 Å². The summed E-state index contributed by atoms with van der Waals surface area (Å²) < 4.78 is 15.7. The third-order valence-corrected chi connectivity index (χ3v) is 5.52. The molecule has 1 aliphatic rings. The van der Waals surface area contributed by atoms with Crippen LogP contribution in [0.3, 0.4) is 0 Å². The number of para-hydroxylation sites is 1. The minimum atomic E-state index is -0.403. The zero-order valence-corrected chi connectivity index (χ0v) is 16.3. The highest BCUT2D eigenvalue weighted by atomic mass is 19.1. The van der Waals surface area contributed by atoms with E-state index in [0.29, 0.717) is 37.6 Å². The minimum absolute atomic E-state index is 0.0922. The number of nitrogens with zero attached hydrogens (tertiary/aromatic N) is 4. The van der Waals surface area contributed by atoms with E-state index in [0.717, 1.165) is 0 Å². The summed E-state index contributed by atoms with van der Waals surface area (Å²) in [6.45, 7) is 3.53. The van der Waals surface area contributed by atoms with Crippen LogP contribution in [0.2, 0.25) is 0 Å². The fourth-order valence-corrected chi connectivity index (χ4v) is 3.98. The molecule has 4 rings (SSSR count). The van der Waals surface area contributed by atoms with Crippen molar-refractivity contribution in [2.75, 3.05) is 19.6 Å². The van der Waals surface area contributed by atoms with Gasteiger partial charge in [-0.3, -0.25) is 4.79 Å². The van der Waals surface area contributed by atoms with Gasteiger partial charge in [0.2, 0.25) is 5.82 Å². The molecule has 0 aliphatic carbocycles. The highest BCUT2D eigenvalue weighted by Gasteiger charge is 2.37. The van der Waals surface area contributed by atoms with E-state index in [4.69, 9.17) is 5.73 Å². The van der Waals surface area contributed by atoms with Gasteiger partial charge < -0.3 is 10.6 Å². The average Bonchev–Trinajstić information content (AvgIpc) is 3.38. The lowest BCUT2D eigenvalue weighted by atomic mass is 9.89. The quantitative estimate of drug-likeness (QED) is 0.723. The maximum atomic E-state index is 14.2. The summed E-state index contributed by atoms with van der Waals surface area (Å²) in [5.41, 5.74) is 7.46. The van der Waals surface area contributed by atoms with Crippen molar-refractivity contribution >= 4 is 5.91 Å². The SMILES string of the molecule is CCc1nc(C(=O)N2C[C@@H](CN)[C@H](c3ccccc3)C2)nn1-c1ccccc1F. The zero-order valence-electron chi connectivity index (χ0n) is 16.3. The van der Waals surface area contributed by atoms with Gasteiger partial charge in [0.25, 0.3) is 5.91 Å². The van der Waals surface area contributed by atoms with E-state index >= 15 is 0 Å². The number of amides is 1. The van der Waals surface area contributed by atoms with Crippen molar-refractivity contribution in [3.63, 3.8) is 0 Å². The van der Waals surface area contributed by atoms with E-state index in [1.165, 1.54) is 16.3 Å². The molecule has 1 fully saturated rings. The normalized spacial score (nSPS) is 18.9. The van der Waals surface area contributed by atoms with Crippen LogP contribution in [0.5, 0.6) is 0 Å². The number of carbonyl (C=O) groups excluding carboxylic acids is 1. The van der Waals surface area contributed by atoms with Crippen molar-refractivity contribution in [2.24, 2.45) is 11.7 Å². The molecule has 0 bridgehead atoms. The molecule has 1 aromatic heterocycles. The molecule has 1 saturated heterocycles. The Morgan fingerprint density at radius 1 is 1.14 bits per heavy atom. The van der Waals surface area contributed by atoms with Gasteiger partial charge in [0.15, 0.2) is 0 Å². The summed E-state index contributed by atoms with van der Waals surface area (Å²) >= 11 is 0. The molecular weight excluding hydrogens is 369 g/mol. The third-order valence-electron chi connectivity index (χ3n) is 5.52. The predicted molar refractivity (Wildman–Crippen MR) is 108 cm³/mol. The Morgan fingerprint density at radius 3 is 2.55 bits per heavy atom. The smallest absolute Gasteiger partial charge is 0.293 e. The number of carbonyl (C=O) groups is 1. The Hall–Kier alpha value is -3.06. The van der Waals surface area contributed by atoms with E-state index < -0.39 is 5.82 Å². The first-order valence-electron chi connectivity index (χ1n) is 9.87. The Labute approximate surface area is 169 Å². The summed E-state index contributed by atoms with van der Waals surface area (Å²) in [6.07, 6.45) is 0.534. The minimum Gasteiger partial charge on any atom is -0.335 e. The molecule has 1 aliphatic heterocycles. The maximum Gasteiger partial charge on any atom is 0.293 e. The van der Waals surface area contributed by atoms with E-state index in [-0.39, 0.29) is 23.6 Å². The van der Waals surface area contributed by atoms with Crippen molar-refractivity contribution in [2.45, 2.75) is 19.3 Å². The van der Waals surface area contributed by atoms with Crippen LogP contribution >= 0.6 is 0 Å². The summed E-state index contributed by atoms with van der Waals surface area (Å²) in [7, 11) is 0. The van der Waals surface area contributed by atoms with Crippen molar-refractivity contribution in [1.29, 1.82) is 0 Å². The monoisotopic (exact) mass is 393 g/mol. The van der Waals surface area contributed by atoms with Gasteiger partial charge in [-0.25, -0.2) is 14.1 Å².